The van der Waals surface area contributed by atoms with Crippen molar-refractivity contribution in [3.05, 3.63) is 0 Å². The first-order chi connectivity index (χ1) is 12.8. The van der Waals surface area contributed by atoms with Crippen molar-refractivity contribution < 1.29 is 19.1 Å². The molecule has 7 heteroatoms. The Hall–Kier alpha value is -1.79. The molecule has 0 N–H and O–H groups in total. The zero-order valence-electron chi connectivity index (χ0n) is 16.9. The maximum absolute atomic E-state index is 13.1. The minimum absolute atomic E-state index is 0.0252. The lowest BCUT2D eigenvalue weighted by molar-refractivity contribution is -0.139. The van der Waals surface area contributed by atoms with Crippen LogP contribution in [0.4, 0.5) is 4.79 Å². The molecule has 1 unspecified atom stereocenters. The minimum Gasteiger partial charge on any atom is -0.453 e. The van der Waals surface area contributed by atoms with Gasteiger partial charge >= 0.3 is 6.09 Å². The first kappa shape index (κ1) is 20.0. The number of methoxy groups -OCH3 is 1. The van der Waals surface area contributed by atoms with Crippen LogP contribution < -0.4 is 0 Å². The first-order valence-electron chi connectivity index (χ1n) is 10.3. The summed E-state index contributed by atoms with van der Waals surface area (Å²) >= 11 is 0. The van der Waals surface area contributed by atoms with Gasteiger partial charge in [-0.05, 0) is 38.0 Å². The van der Waals surface area contributed by atoms with Crippen LogP contribution in [0.25, 0.3) is 0 Å². The van der Waals surface area contributed by atoms with Gasteiger partial charge in [0.05, 0.1) is 7.11 Å². The van der Waals surface area contributed by atoms with Crippen molar-refractivity contribution >= 4 is 17.9 Å². The van der Waals surface area contributed by atoms with E-state index in [-0.39, 0.29) is 17.2 Å². The molecule has 0 aromatic carbocycles. The van der Waals surface area contributed by atoms with Crippen LogP contribution in [0.3, 0.4) is 0 Å². The van der Waals surface area contributed by atoms with Crippen LogP contribution in [0, 0.1) is 11.3 Å². The topological polar surface area (TPSA) is 70.2 Å². The highest BCUT2D eigenvalue weighted by atomic mass is 16.5. The molecule has 27 heavy (non-hydrogen) atoms. The fraction of sp³-hybridized carbons (Fsp3) is 0.850. The molecule has 0 aromatic heterocycles. The Morgan fingerprint density at radius 2 is 1.89 bits per heavy atom. The molecule has 1 spiro atoms. The standard InChI is InChI=1S/C20H33N3O4/c1-15(2)13-22-14-20(12-17(22)24)7-10-21(11-8-20)18(25)16-6-4-5-9-23(16)19(26)27-3/h15-16H,4-14H2,1-3H3. The summed E-state index contributed by atoms with van der Waals surface area (Å²) in [4.78, 5) is 42.9. The van der Waals surface area contributed by atoms with E-state index in [1.165, 1.54) is 7.11 Å². The van der Waals surface area contributed by atoms with Gasteiger partial charge in [-0.2, -0.15) is 0 Å². The van der Waals surface area contributed by atoms with Crippen LogP contribution in [0.5, 0.6) is 0 Å². The second-order valence-corrected chi connectivity index (χ2v) is 8.85. The molecule has 0 aromatic rings. The fourth-order valence-electron chi connectivity index (χ4n) is 4.86. The minimum atomic E-state index is -0.410. The zero-order chi connectivity index (χ0) is 19.6. The van der Waals surface area contributed by atoms with Crippen molar-refractivity contribution in [2.45, 2.75) is 58.4 Å². The molecule has 0 saturated carbocycles. The molecular formula is C20H33N3O4. The molecule has 3 fully saturated rings. The Kier molecular flexibility index (Phi) is 5.96. The molecule has 3 saturated heterocycles. The van der Waals surface area contributed by atoms with Crippen molar-refractivity contribution in [1.29, 1.82) is 0 Å². The average Bonchev–Trinajstić information content (AvgIpc) is 2.95. The molecule has 3 heterocycles. The Bertz CT molecular complexity index is 584. The summed E-state index contributed by atoms with van der Waals surface area (Å²) in [6.45, 7) is 7.84. The van der Waals surface area contributed by atoms with Crippen LogP contribution >= 0.6 is 0 Å². The molecule has 1 atom stereocenters. The summed E-state index contributed by atoms with van der Waals surface area (Å²) in [5.41, 5.74) is 0.0252. The first-order valence-corrected chi connectivity index (χ1v) is 10.3. The number of piperidine rings is 2. The van der Waals surface area contributed by atoms with E-state index in [1.54, 1.807) is 4.90 Å². The Labute approximate surface area is 162 Å². The molecule has 0 radical (unpaired) electrons. The monoisotopic (exact) mass is 379 g/mol. The lowest BCUT2D eigenvalue weighted by Gasteiger charge is -2.42. The van der Waals surface area contributed by atoms with Gasteiger partial charge in [-0.25, -0.2) is 4.79 Å². The van der Waals surface area contributed by atoms with Gasteiger partial charge in [-0.15, -0.1) is 0 Å². The number of nitrogens with zero attached hydrogens (tertiary/aromatic N) is 3. The number of ether oxygens (including phenoxy) is 1. The number of likely N-dealkylation sites (tertiary alicyclic amines) is 3. The number of hydrogen-bond donors (Lipinski definition) is 0. The van der Waals surface area contributed by atoms with E-state index in [9.17, 15) is 14.4 Å². The summed E-state index contributed by atoms with van der Waals surface area (Å²) in [6.07, 6.45) is 4.51. The molecule has 3 aliphatic heterocycles. The van der Waals surface area contributed by atoms with Gasteiger partial charge in [0.25, 0.3) is 0 Å². The number of hydrogen-bond acceptors (Lipinski definition) is 4. The number of rotatable bonds is 3. The lowest BCUT2D eigenvalue weighted by atomic mass is 9.77. The normalized spacial score (nSPS) is 25.4. The SMILES string of the molecule is COC(=O)N1CCCCC1C(=O)N1CCC2(CC1)CC(=O)N(CC(C)C)C2. The quantitative estimate of drug-likeness (QED) is 0.753. The van der Waals surface area contributed by atoms with E-state index in [4.69, 9.17) is 4.74 Å². The van der Waals surface area contributed by atoms with E-state index >= 15 is 0 Å². The van der Waals surface area contributed by atoms with Crippen LogP contribution in [0.15, 0.2) is 0 Å². The Morgan fingerprint density at radius 1 is 1.19 bits per heavy atom. The predicted molar refractivity (Wildman–Crippen MR) is 101 cm³/mol. The van der Waals surface area contributed by atoms with Gasteiger partial charge in [0.15, 0.2) is 0 Å². The highest BCUT2D eigenvalue weighted by Gasteiger charge is 2.46. The van der Waals surface area contributed by atoms with Crippen LogP contribution in [-0.2, 0) is 14.3 Å². The van der Waals surface area contributed by atoms with Crippen LogP contribution in [0.1, 0.15) is 52.4 Å². The molecule has 3 amide bonds. The Morgan fingerprint density at radius 3 is 2.52 bits per heavy atom. The van der Waals surface area contributed by atoms with E-state index in [0.29, 0.717) is 38.4 Å². The third kappa shape index (κ3) is 4.22. The largest absolute Gasteiger partial charge is 0.453 e. The summed E-state index contributed by atoms with van der Waals surface area (Å²) in [6, 6.07) is -0.400. The van der Waals surface area contributed by atoms with Crippen LogP contribution in [0.2, 0.25) is 0 Å². The molecular weight excluding hydrogens is 346 g/mol. The third-order valence-corrected chi connectivity index (χ3v) is 6.32. The molecule has 152 valence electrons. The second kappa shape index (κ2) is 8.07. The van der Waals surface area contributed by atoms with Gasteiger partial charge < -0.3 is 14.5 Å². The third-order valence-electron chi connectivity index (χ3n) is 6.32. The lowest BCUT2D eigenvalue weighted by Crippen LogP contribution is -2.55. The van der Waals surface area contributed by atoms with Crippen molar-refractivity contribution in [3.8, 4) is 0 Å². The predicted octanol–water partition coefficient (Wildman–Crippen LogP) is 2.10. The van der Waals surface area contributed by atoms with Gasteiger partial charge in [-0.3, -0.25) is 14.5 Å². The molecule has 7 nitrogen and oxygen atoms in total. The highest BCUT2D eigenvalue weighted by molar-refractivity contribution is 5.86. The number of carbonyl (C=O) groups is 3. The molecule has 0 bridgehead atoms. The van der Waals surface area contributed by atoms with Crippen molar-refractivity contribution in [1.82, 2.24) is 14.7 Å². The highest BCUT2D eigenvalue weighted by Crippen LogP contribution is 2.41. The van der Waals surface area contributed by atoms with Crippen molar-refractivity contribution in [2.75, 3.05) is 39.8 Å². The summed E-state index contributed by atoms with van der Waals surface area (Å²) in [5.74, 6) is 0.771. The van der Waals surface area contributed by atoms with Crippen LogP contribution in [-0.4, -0.2) is 78.5 Å². The van der Waals surface area contributed by atoms with Gasteiger partial charge in [-0.1, -0.05) is 13.8 Å². The summed E-state index contributed by atoms with van der Waals surface area (Å²) in [5, 5.41) is 0. The van der Waals surface area contributed by atoms with E-state index in [0.717, 1.165) is 38.8 Å². The second-order valence-electron chi connectivity index (χ2n) is 8.85. The van der Waals surface area contributed by atoms with Crippen molar-refractivity contribution in [3.63, 3.8) is 0 Å². The number of amides is 3. The summed E-state index contributed by atoms with van der Waals surface area (Å²) < 4.78 is 4.86. The molecule has 3 aliphatic rings. The fourth-order valence-corrected chi connectivity index (χ4v) is 4.86. The zero-order valence-corrected chi connectivity index (χ0v) is 16.9. The average molecular weight is 380 g/mol. The smallest absolute Gasteiger partial charge is 0.410 e. The maximum atomic E-state index is 13.1. The van der Waals surface area contributed by atoms with Gasteiger partial charge in [0.2, 0.25) is 11.8 Å². The number of carbonyl (C=O) groups excluding carboxylic acids is 3. The maximum Gasteiger partial charge on any atom is 0.410 e. The van der Waals surface area contributed by atoms with E-state index in [1.807, 2.05) is 9.80 Å². The van der Waals surface area contributed by atoms with E-state index < -0.39 is 12.1 Å². The Balaban J connectivity index is 1.59. The van der Waals surface area contributed by atoms with Gasteiger partial charge in [0, 0.05) is 44.6 Å². The molecule has 3 rings (SSSR count). The van der Waals surface area contributed by atoms with Gasteiger partial charge in [0.1, 0.15) is 6.04 Å². The molecule has 0 aliphatic carbocycles. The summed E-state index contributed by atoms with van der Waals surface area (Å²) in [7, 11) is 1.36. The van der Waals surface area contributed by atoms with Crippen molar-refractivity contribution in [2.24, 2.45) is 11.3 Å². The van der Waals surface area contributed by atoms with E-state index in [2.05, 4.69) is 13.8 Å².